The summed E-state index contributed by atoms with van der Waals surface area (Å²) in [4.78, 5) is 18.0. The minimum absolute atomic E-state index is 0.0268. The van der Waals surface area contributed by atoms with E-state index >= 15 is 0 Å². The van der Waals surface area contributed by atoms with Crippen molar-refractivity contribution in [2.45, 2.75) is 6.42 Å². The summed E-state index contributed by atoms with van der Waals surface area (Å²) in [5.74, 6) is 5.39. The third-order valence-corrected chi connectivity index (χ3v) is 2.73. The maximum atomic E-state index is 12.5. The number of hydrogen-bond acceptors (Lipinski definition) is 5. The molecule has 0 unspecified atom stereocenters. The Hall–Kier alpha value is -1.94. The first-order valence-corrected chi connectivity index (χ1v) is 6.67. The molecule has 21 heavy (non-hydrogen) atoms. The number of methoxy groups -OCH3 is 1. The Labute approximate surface area is 124 Å². The molecule has 6 nitrogen and oxygen atoms in total. The van der Waals surface area contributed by atoms with Gasteiger partial charge in [-0.05, 0) is 6.07 Å². The molecule has 0 fully saturated rings. The van der Waals surface area contributed by atoms with Crippen LogP contribution in [0, 0.1) is 11.8 Å². The first kappa shape index (κ1) is 17.1. The smallest absolute Gasteiger partial charge is 0.255 e. The van der Waals surface area contributed by atoms with Gasteiger partial charge in [-0.25, -0.2) is 0 Å². The quantitative estimate of drug-likeness (QED) is 0.686. The van der Waals surface area contributed by atoms with Crippen LogP contribution in [-0.2, 0) is 4.74 Å². The zero-order chi connectivity index (χ0) is 15.5. The van der Waals surface area contributed by atoms with Crippen LogP contribution in [0.3, 0.4) is 0 Å². The Kier molecular flexibility index (Phi) is 8.05. The molecule has 1 amide bonds. The van der Waals surface area contributed by atoms with Crippen LogP contribution in [0.4, 0.5) is 0 Å². The van der Waals surface area contributed by atoms with Crippen molar-refractivity contribution in [3.8, 4) is 11.8 Å². The summed E-state index contributed by atoms with van der Waals surface area (Å²) >= 11 is 0. The Balaban J connectivity index is 2.96. The summed E-state index contributed by atoms with van der Waals surface area (Å²) in [5.41, 5.74) is 0.941. The lowest BCUT2D eigenvalue weighted by molar-refractivity contribution is 0.0656. The van der Waals surface area contributed by atoms with Crippen molar-refractivity contribution in [1.82, 2.24) is 9.88 Å². The summed E-state index contributed by atoms with van der Waals surface area (Å²) in [5, 5.41) is 17.8. The van der Waals surface area contributed by atoms with E-state index in [2.05, 4.69) is 16.8 Å². The van der Waals surface area contributed by atoms with Crippen LogP contribution < -0.4 is 0 Å². The van der Waals surface area contributed by atoms with E-state index in [4.69, 9.17) is 14.9 Å². The van der Waals surface area contributed by atoms with Gasteiger partial charge in [-0.15, -0.1) is 0 Å². The zero-order valence-corrected chi connectivity index (χ0v) is 12.1. The van der Waals surface area contributed by atoms with Crippen molar-refractivity contribution < 1.29 is 19.7 Å². The molecule has 1 aromatic rings. The second kappa shape index (κ2) is 9.88. The van der Waals surface area contributed by atoms with E-state index in [-0.39, 0.29) is 25.7 Å². The van der Waals surface area contributed by atoms with Crippen molar-refractivity contribution in [3.05, 3.63) is 29.6 Å². The number of pyridine rings is 1. The highest BCUT2D eigenvalue weighted by molar-refractivity contribution is 5.96. The third kappa shape index (κ3) is 5.52. The molecule has 1 rings (SSSR count). The highest BCUT2D eigenvalue weighted by Gasteiger charge is 2.17. The van der Waals surface area contributed by atoms with E-state index in [1.807, 2.05) is 0 Å². The van der Waals surface area contributed by atoms with E-state index in [1.165, 1.54) is 17.3 Å². The van der Waals surface area contributed by atoms with Gasteiger partial charge in [0.15, 0.2) is 0 Å². The number of carbonyl (C=O) groups is 1. The van der Waals surface area contributed by atoms with E-state index in [1.54, 1.807) is 13.2 Å². The Bertz CT molecular complexity index is 508. The molecule has 0 bridgehead atoms. The lowest BCUT2D eigenvalue weighted by atomic mass is 10.1. The Morgan fingerprint density at radius 3 is 2.86 bits per heavy atom. The van der Waals surface area contributed by atoms with Gasteiger partial charge in [0.2, 0.25) is 0 Å². The van der Waals surface area contributed by atoms with Crippen LogP contribution in [0.15, 0.2) is 18.5 Å². The molecule has 1 aromatic heterocycles. The van der Waals surface area contributed by atoms with Crippen LogP contribution in [0.1, 0.15) is 22.3 Å². The molecular weight excluding hydrogens is 272 g/mol. The summed E-state index contributed by atoms with van der Waals surface area (Å²) in [6.07, 6.45) is 3.38. The molecule has 6 heteroatoms. The second-order valence-electron chi connectivity index (χ2n) is 4.21. The van der Waals surface area contributed by atoms with Crippen molar-refractivity contribution in [2.24, 2.45) is 0 Å². The molecule has 2 N–H and O–H groups in total. The average Bonchev–Trinajstić information content (AvgIpc) is 2.51. The van der Waals surface area contributed by atoms with Gasteiger partial charge in [0.1, 0.15) is 0 Å². The predicted octanol–water partition coefficient (Wildman–Crippen LogP) is -0.104. The van der Waals surface area contributed by atoms with Gasteiger partial charge < -0.3 is 19.8 Å². The maximum Gasteiger partial charge on any atom is 0.255 e. The van der Waals surface area contributed by atoms with E-state index in [0.29, 0.717) is 30.7 Å². The van der Waals surface area contributed by atoms with Crippen LogP contribution in [0.2, 0.25) is 0 Å². The van der Waals surface area contributed by atoms with Gasteiger partial charge in [-0.2, -0.15) is 0 Å². The lowest BCUT2D eigenvalue weighted by Crippen LogP contribution is -2.36. The maximum absolute atomic E-state index is 12.5. The normalized spacial score (nSPS) is 9.86. The molecule has 0 saturated heterocycles. The van der Waals surface area contributed by atoms with Gasteiger partial charge in [-0.3, -0.25) is 9.78 Å². The number of nitrogens with zero attached hydrogens (tertiary/aromatic N) is 2. The molecule has 0 aromatic carbocycles. The fraction of sp³-hybridized carbons (Fsp3) is 0.467. The van der Waals surface area contributed by atoms with Gasteiger partial charge in [0, 0.05) is 39.0 Å². The molecule has 0 radical (unpaired) electrons. The standard InChI is InChI=1S/C15H20N2O4/c1-21-11-8-17(7-10-19)15(20)14-5-6-16-12-13(14)4-2-3-9-18/h5-6,12,18-19H,3,7-11H2,1H3. The number of aromatic nitrogens is 1. The highest BCUT2D eigenvalue weighted by Crippen LogP contribution is 2.09. The Morgan fingerprint density at radius 1 is 1.38 bits per heavy atom. The van der Waals surface area contributed by atoms with Crippen molar-refractivity contribution >= 4 is 5.91 Å². The second-order valence-corrected chi connectivity index (χ2v) is 4.21. The number of aliphatic hydroxyl groups excluding tert-OH is 2. The molecular formula is C15H20N2O4. The van der Waals surface area contributed by atoms with E-state index in [0.717, 1.165) is 0 Å². The Morgan fingerprint density at radius 2 is 2.19 bits per heavy atom. The summed E-state index contributed by atoms with van der Waals surface area (Å²) in [7, 11) is 1.56. The van der Waals surface area contributed by atoms with Crippen molar-refractivity contribution in [2.75, 3.05) is 40.0 Å². The predicted molar refractivity (Wildman–Crippen MR) is 77.7 cm³/mol. The topological polar surface area (TPSA) is 82.9 Å². The summed E-state index contributed by atoms with van der Waals surface area (Å²) in [6, 6.07) is 1.60. The van der Waals surface area contributed by atoms with Crippen LogP contribution in [-0.4, -0.2) is 66.0 Å². The number of rotatable bonds is 7. The minimum atomic E-state index is -0.225. The number of amides is 1. The molecule has 0 aliphatic heterocycles. The molecule has 0 aliphatic carbocycles. The van der Waals surface area contributed by atoms with Gasteiger partial charge >= 0.3 is 0 Å². The first-order chi connectivity index (χ1) is 10.2. The van der Waals surface area contributed by atoms with Crippen molar-refractivity contribution in [3.63, 3.8) is 0 Å². The van der Waals surface area contributed by atoms with Crippen LogP contribution in [0.25, 0.3) is 0 Å². The molecule has 1 heterocycles. The SMILES string of the molecule is COCCN(CCO)C(=O)c1ccncc1C#CCCO. The van der Waals surface area contributed by atoms with Crippen molar-refractivity contribution in [1.29, 1.82) is 0 Å². The van der Waals surface area contributed by atoms with E-state index in [9.17, 15) is 4.79 Å². The largest absolute Gasteiger partial charge is 0.395 e. The molecule has 0 atom stereocenters. The fourth-order valence-electron chi connectivity index (χ4n) is 1.70. The summed E-state index contributed by atoms with van der Waals surface area (Å²) < 4.78 is 4.97. The monoisotopic (exact) mass is 292 g/mol. The molecule has 0 aliphatic rings. The first-order valence-electron chi connectivity index (χ1n) is 6.67. The van der Waals surface area contributed by atoms with Gasteiger partial charge in [-0.1, -0.05) is 11.8 Å². The molecule has 0 spiro atoms. The van der Waals surface area contributed by atoms with Gasteiger partial charge in [0.25, 0.3) is 5.91 Å². The lowest BCUT2D eigenvalue weighted by Gasteiger charge is -2.21. The summed E-state index contributed by atoms with van der Waals surface area (Å²) in [6.45, 7) is 0.866. The fourth-order valence-corrected chi connectivity index (χ4v) is 1.70. The third-order valence-electron chi connectivity index (χ3n) is 2.73. The minimum Gasteiger partial charge on any atom is -0.395 e. The zero-order valence-electron chi connectivity index (χ0n) is 12.1. The average molecular weight is 292 g/mol. The van der Waals surface area contributed by atoms with E-state index < -0.39 is 0 Å². The number of carbonyl (C=O) groups excluding carboxylic acids is 1. The number of aliphatic hydroxyl groups is 2. The number of hydrogen-bond donors (Lipinski definition) is 2. The van der Waals surface area contributed by atoms with Crippen LogP contribution in [0.5, 0.6) is 0 Å². The highest BCUT2D eigenvalue weighted by atomic mass is 16.5. The van der Waals surface area contributed by atoms with Gasteiger partial charge in [0.05, 0.1) is 30.9 Å². The number of ether oxygens (including phenoxy) is 1. The molecule has 0 saturated carbocycles. The van der Waals surface area contributed by atoms with Crippen LogP contribution >= 0.6 is 0 Å². The molecule has 114 valence electrons.